The first kappa shape index (κ1) is 12.7. The van der Waals surface area contributed by atoms with E-state index in [2.05, 4.69) is 6.92 Å². The summed E-state index contributed by atoms with van der Waals surface area (Å²) in [5, 5.41) is 10.7. The molecule has 1 aliphatic rings. The van der Waals surface area contributed by atoms with Crippen LogP contribution in [0, 0.1) is 16.0 Å². The van der Waals surface area contributed by atoms with Crippen LogP contribution in [0.5, 0.6) is 5.75 Å². The number of nitro benzene ring substituents is 1. The number of nitrogens with zero attached hydrogens (tertiary/aromatic N) is 1. The zero-order chi connectivity index (χ0) is 13.1. The van der Waals surface area contributed by atoms with Gasteiger partial charge in [0.2, 0.25) is 0 Å². The Hall–Kier alpha value is -1.78. The summed E-state index contributed by atoms with van der Waals surface area (Å²) in [6.45, 7) is 2.20. The molecule has 1 aliphatic carbocycles. The van der Waals surface area contributed by atoms with Crippen molar-refractivity contribution >= 4 is 11.4 Å². The smallest absolute Gasteiger partial charge is 0.273 e. The van der Waals surface area contributed by atoms with Crippen molar-refractivity contribution in [3.8, 4) is 5.75 Å². The first-order valence-electron chi connectivity index (χ1n) is 6.27. The molecule has 98 valence electrons. The fraction of sp³-hybridized carbons (Fsp3) is 0.538. The molecule has 5 nitrogen and oxygen atoms in total. The molecule has 2 unspecified atom stereocenters. The Bertz CT molecular complexity index is 448. The van der Waals surface area contributed by atoms with Crippen LogP contribution in [-0.2, 0) is 0 Å². The molecule has 1 fully saturated rings. The Morgan fingerprint density at radius 3 is 2.89 bits per heavy atom. The van der Waals surface area contributed by atoms with Gasteiger partial charge in [-0.2, -0.15) is 0 Å². The summed E-state index contributed by atoms with van der Waals surface area (Å²) >= 11 is 0. The third-order valence-electron chi connectivity index (χ3n) is 3.39. The Morgan fingerprint density at radius 1 is 1.44 bits per heavy atom. The highest BCUT2D eigenvalue weighted by Crippen LogP contribution is 2.32. The molecule has 0 aromatic heterocycles. The van der Waals surface area contributed by atoms with Crippen LogP contribution in [0.2, 0.25) is 0 Å². The molecule has 18 heavy (non-hydrogen) atoms. The SMILES string of the molecule is CC1CCCC(Oc2cc([N+](=O)[O-])ccc2N)C1. The largest absolute Gasteiger partial charge is 0.488 e. The number of ether oxygens (including phenoxy) is 1. The predicted molar refractivity (Wildman–Crippen MR) is 69.6 cm³/mol. The molecule has 1 saturated carbocycles. The zero-order valence-corrected chi connectivity index (χ0v) is 10.5. The first-order chi connectivity index (χ1) is 8.56. The molecular weight excluding hydrogens is 232 g/mol. The molecular formula is C13H18N2O3. The lowest BCUT2D eigenvalue weighted by Gasteiger charge is -2.27. The number of anilines is 1. The van der Waals surface area contributed by atoms with E-state index in [9.17, 15) is 10.1 Å². The quantitative estimate of drug-likeness (QED) is 0.508. The minimum atomic E-state index is -0.435. The van der Waals surface area contributed by atoms with Gasteiger partial charge in [0.15, 0.2) is 0 Å². The molecule has 0 radical (unpaired) electrons. The molecule has 0 spiro atoms. The summed E-state index contributed by atoms with van der Waals surface area (Å²) in [6, 6.07) is 4.33. The van der Waals surface area contributed by atoms with E-state index in [1.54, 1.807) is 0 Å². The molecule has 2 rings (SSSR count). The van der Waals surface area contributed by atoms with Gasteiger partial charge in [-0.3, -0.25) is 10.1 Å². The van der Waals surface area contributed by atoms with Gasteiger partial charge in [0.1, 0.15) is 5.75 Å². The number of nitro groups is 1. The van der Waals surface area contributed by atoms with Crippen LogP contribution in [0.25, 0.3) is 0 Å². The van der Waals surface area contributed by atoms with E-state index >= 15 is 0 Å². The minimum absolute atomic E-state index is 0.0167. The number of rotatable bonds is 3. The monoisotopic (exact) mass is 250 g/mol. The van der Waals surface area contributed by atoms with Gasteiger partial charge in [-0.25, -0.2) is 0 Å². The van der Waals surface area contributed by atoms with E-state index in [4.69, 9.17) is 10.5 Å². The molecule has 2 atom stereocenters. The number of benzene rings is 1. The van der Waals surface area contributed by atoms with Crippen LogP contribution in [-0.4, -0.2) is 11.0 Å². The highest BCUT2D eigenvalue weighted by molar-refractivity contribution is 5.57. The summed E-state index contributed by atoms with van der Waals surface area (Å²) in [4.78, 5) is 10.3. The average Bonchev–Trinajstić information content (AvgIpc) is 2.31. The van der Waals surface area contributed by atoms with Crippen molar-refractivity contribution in [2.45, 2.75) is 38.7 Å². The van der Waals surface area contributed by atoms with Gasteiger partial charge in [0.05, 0.1) is 22.8 Å². The Labute approximate surface area is 106 Å². The van der Waals surface area contributed by atoms with Gasteiger partial charge in [-0.15, -0.1) is 0 Å². The van der Waals surface area contributed by atoms with Gasteiger partial charge in [0, 0.05) is 6.07 Å². The second-order valence-electron chi connectivity index (χ2n) is 4.99. The maximum atomic E-state index is 10.7. The second-order valence-corrected chi connectivity index (χ2v) is 4.99. The van der Waals surface area contributed by atoms with Crippen molar-refractivity contribution in [3.05, 3.63) is 28.3 Å². The predicted octanol–water partition coefficient (Wildman–Crippen LogP) is 3.13. The summed E-state index contributed by atoms with van der Waals surface area (Å²) in [5.41, 5.74) is 6.27. The standard InChI is InChI=1S/C13H18N2O3/c1-9-3-2-4-11(7-9)18-13-8-10(15(16)17)5-6-12(13)14/h5-6,8-9,11H,2-4,7,14H2,1H3. The van der Waals surface area contributed by atoms with Crippen LogP contribution >= 0.6 is 0 Å². The van der Waals surface area contributed by atoms with Crippen molar-refractivity contribution < 1.29 is 9.66 Å². The van der Waals surface area contributed by atoms with Crippen LogP contribution in [0.15, 0.2) is 18.2 Å². The van der Waals surface area contributed by atoms with E-state index in [1.165, 1.54) is 24.6 Å². The second kappa shape index (κ2) is 5.25. The number of nitrogens with two attached hydrogens (primary N) is 1. The van der Waals surface area contributed by atoms with Crippen molar-refractivity contribution in [3.63, 3.8) is 0 Å². The summed E-state index contributed by atoms with van der Waals surface area (Å²) < 4.78 is 5.82. The minimum Gasteiger partial charge on any atom is -0.488 e. The molecule has 0 heterocycles. The lowest BCUT2D eigenvalue weighted by molar-refractivity contribution is -0.384. The van der Waals surface area contributed by atoms with Gasteiger partial charge in [-0.1, -0.05) is 13.3 Å². The lowest BCUT2D eigenvalue weighted by Crippen LogP contribution is -2.24. The number of hydrogen-bond donors (Lipinski definition) is 1. The number of hydrogen-bond acceptors (Lipinski definition) is 4. The third-order valence-corrected chi connectivity index (χ3v) is 3.39. The molecule has 5 heteroatoms. The van der Waals surface area contributed by atoms with Gasteiger partial charge in [0.25, 0.3) is 5.69 Å². The van der Waals surface area contributed by atoms with Crippen molar-refractivity contribution in [2.24, 2.45) is 5.92 Å². The lowest BCUT2D eigenvalue weighted by atomic mass is 9.89. The van der Waals surface area contributed by atoms with E-state index in [1.807, 2.05) is 0 Å². The van der Waals surface area contributed by atoms with Crippen LogP contribution in [0.3, 0.4) is 0 Å². The molecule has 0 saturated heterocycles. The van der Waals surface area contributed by atoms with Crippen LogP contribution in [0.4, 0.5) is 11.4 Å². The van der Waals surface area contributed by atoms with Gasteiger partial charge < -0.3 is 10.5 Å². The number of non-ortho nitro benzene ring substituents is 1. The van der Waals surface area contributed by atoms with Crippen LogP contribution in [0.1, 0.15) is 32.6 Å². The third kappa shape index (κ3) is 2.91. The van der Waals surface area contributed by atoms with E-state index < -0.39 is 4.92 Å². The highest BCUT2D eigenvalue weighted by atomic mass is 16.6. The van der Waals surface area contributed by atoms with E-state index in [-0.39, 0.29) is 11.8 Å². The molecule has 0 amide bonds. The fourth-order valence-corrected chi connectivity index (χ4v) is 2.40. The van der Waals surface area contributed by atoms with Crippen LogP contribution < -0.4 is 10.5 Å². The van der Waals surface area contributed by atoms with Gasteiger partial charge >= 0.3 is 0 Å². The molecule has 1 aromatic carbocycles. The summed E-state index contributed by atoms with van der Waals surface area (Å²) in [5.74, 6) is 1.08. The van der Waals surface area contributed by atoms with E-state index in [0.717, 1.165) is 19.3 Å². The maximum absolute atomic E-state index is 10.7. The van der Waals surface area contributed by atoms with E-state index in [0.29, 0.717) is 17.4 Å². The summed E-state index contributed by atoms with van der Waals surface area (Å²) in [7, 11) is 0. The molecule has 0 bridgehead atoms. The Morgan fingerprint density at radius 2 is 2.22 bits per heavy atom. The highest BCUT2D eigenvalue weighted by Gasteiger charge is 2.21. The topological polar surface area (TPSA) is 78.4 Å². The molecule has 0 aliphatic heterocycles. The van der Waals surface area contributed by atoms with Crippen molar-refractivity contribution in [2.75, 3.05) is 5.73 Å². The Kier molecular flexibility index (Phi) is 3.69. The summed E-state index contributed by atoms with van der Waals surface area (Å²) in [6.07, 6.45) is 4.47. The Balaban J connectivity index is 2.12. The number of nitrogen functional groups attached to an aromatic ring is 1. The van der Waals surface area contributed by atoms with Crippen molar-refractivity contribution in [1.82, 2.24) is 0 Å². The molecule has 2 N–H and O–H groups in total. The maximum Gasteiger partial charge on any atom is 0.273 e. The zero-order valence-electron chi connectivity index (χ0n) is 10.5. The molecule has 1 aromatic rings. The normalized spacial score (nSPS) is 23.6. The van der Waals surface area contributed by atoms with Gasteiger partial charge in [-0.05, 0) is 31.2 Å². The first-order valence-corrected chi connectivity index (χ1v) is 6.27. The average molecular weight is 250 g/mol. The van der Waals surface area contributed by atoms with Crippen molar-refractivity contribution in [1.29, 1.82) is 0 Å². The fourth-order valence-electron chi connectivity index (χ4n) is 2.40.